The number of amides is 1. The predicted molar refractivity (Wildman–Crippen MR) is 131 cm³/mol. The highest BCUT2D eigenvalue weighted by Crippen LogP contribution is 2.32. The third-order valence-corrected chi connectivity index (χ3v) is 6.47. The van der Waals surface area contributed by atoms with E-state index in [1.807, 2.05) is 0 Å². The zero-order valence-electron chi connectivity index (χ0n) is 19.6. The van der Waals surface area contributed by atoms with E-state index in [0.717, 1.165) is 6.07 Å². The molecule has 1 aliphatic heterocycles. The fourth-order valence-corrected chi connectivity index (χ4v) is 4.29. The molecule has 1 atom stereocenters. The number of rotatable bonds is 8. The molecule has 192 valence electrons. The Hall–Kier alpha value is -4.65. The molecular formula is C24H21N3O9S. The summed E-state index contributed by atoms with van der Waals surface area (Å²) in [6, 6.07) is 14.7. The average Bonchev–Trinajstić information content (AvgIpc) is 2.88. The summed E-state index contributed by atoms with van der Waals surface area (Å²) in [7, 11) is -3.08. The summed E-state index contributed by atoms with van der Waals surface area (Å²) in [5, 5.41) is 15.1. The van der Waals surface area contributed by atoms with Crippen molar-refractivity contribution in [2.45, 2.75) is 17.9 Å². The highest BCUT2D eigenvalue weighted by atomic mass is 32.2. The van der Waals surface area contributed by atoms with Crippen molar-refractivity contribution in [3.05, 3.63) is 81.9 Å². The van der Waals surface area contributed by atoms with E-state index in [1.54, 1.807) is 24.3 Å². The number of aryl methyl sites for hydroxylation is 1. The van der Waals surface area contributed by atoms with E-state index in [0.29, 0.717) is 22.6 Å². The third-order valence-electron chi connectivity index (χ3n) is 5.24. The molecule has 13 heteroatoms. The Kier molecular flexibility index (Phi) is 7.25. The Bertz CT molecular complexity index is 1490. The number of methoxy groups -OCH3 is 1. The van der Waals surface area contributed by atoms with Gasteiger partial charge in [-0.05, 0) is 48.9 Å². The molecular weight excluding hydrogens is 506 g/mol. The highest BCUT2D eigenvalue weighted by Gasteiger charge is 2.27. The number of hydrogen-bond acceptors (Lipinski definition) is 10. The van der Waals surface area contributed by atoms with Crippen molar-refractivity contribution in [1.29, 1.82) is 0 Å². The summed E-state index contributed by atoms with van der Waals surface area (Å²) < 4.78 is 47.0. The summed E-state index contributed by atoms with van der Waals surface area (Å²) in [5.41, 5.74) is 2.78. The van der Waals surface area contributed by atoms with Gasteiger partial charge in [0.2, 0.25) is 6.10 Å². The number of benzene rings is 3. The van der Waals surface area contributed by atoms with Crippen molar-refractivity contribution in [3.8, 4) is 23.0 Å². The molecule has 1 amide bonds. The molecule has 0 spiro atoms. The van der Waals surface area contributed by atoms with E-state index in [-0.39, 0.29) is 28.7 Å². The van der Waals surface area contributed by atoms with Crippen LogP contribution in [0.2, 0.25) is 0 Å². The van der Waals surface area contributed by atoms with Crippen molar-refractivity contribution in [1.82, 2.24) is 5.43 Å². The molecule has 3 aromatic rings. The van der Waals surface area contributed by atoms with Crippen LogP contribution >= 0.6 is 0 Å². The maximum atomic E-state index is 12.7. The molecule has 0 bridgehead atoms. The van der Waals surface area contributed by atoms with Crippen molar-refractivity contribution < 1.29 is 36.5 Å². The minimum Gasteiger partial charge on any atom is -0.493 e. The van der Waals surface area contributed by atoms with Crippen LogP contribution in [0.3, 0.4) is 0 Å². The van der Waals surface area contributed by atoms with E-state index in [2.05, 4.69) is 10.5 Å². The van der Waals surface area contributed by atoms with E-state index >= 15 is 0 Å². The SMILES string of the molecule is COc1cc(C=NNC(=O)C2COc3ccccc3O2)ccc1OS(=O)(=O)c1ccc(C)c([N+](=O)[O-])c1. The van der Waals surface area contributed by atoms with E-state index in [9.17, 15) is 23.3 Å². The van der Waals surface area contributed by atoms with Crippen molar-refractivity contribution >= 4 is 27.9 Å². The van der Waals surface area contributed by atoms with Gasteiger partial charge in [0.1, 0.15) is 11.5 Å². The first-order chi connectivity index (χ1) is 17.7. The van der Waals surface area contributed by atoms with E-state index in [4.69, 9.17) is 18.4 Å². The van der Waals surface area contributed by atoms with Crippen LogP contribution in [0, 0.1) is 17.0 Å². The van der Waals surface area contributed by atoms with Gasteiger partial charge in [0, 0.05) is 11.6 Å². The van der Waals surface area contributed by atoms with Crippen molar-refractivity contribution in [2.75, 3.05) is 13.7 Å². The summed E-state index contributed by atoms with van der Waals surface area (Å²) in [6.45, 7) is 1.52. The molecule has 0 saturated carbocycles. The number of ether oxygens (including phenoxy) is 3. The van der Waals surface area contributed by atoms with Gasteiger partial charge >= 0.3 is 10.1 Å². The lowest BCUT2D eigenvalue weighted by atomic mass is 10.2. The number of carbonyl (C=O) groups excluding carboxylic acids is 1. The number of para-hydroxylation sites is 2. The van der Waals surface area contributed by atoms with Gasteiger partial charge in [-0.2, -0.15) is 13.5 Å². The Morgan fingerprint density at radius 3 is 2.62 bits per heavy atom. The molecule has 0 saturated heterocycles. The minimum atomic E-state index is -4.39. The molecule has 1 unspecified atom stereocenters. The summed E-state index contributed by atoms with van der Waals surface area (Å²) in [5.74, 6) is 0.399. The lowest BCUT2D eigenvalue weighted by molar-refractivity contribution is -0.385. The minimum absolute atomic E-state index is 0.0246. The summed E-state index contributed by atoms with van der Waals surface area (Å²) in [4.78, 5) is 22.5. The topological polar surface area (TPSA) is 156 Å². The molecule has 1 heterocycles. The van der Waals surface area contributed by atoms with Crippen molar-refractivity contribution in [2.24, 2.45) is 5.10 Å². The fraction of sp³-hybridized carbons (Fsp3) is 0.167. The number of nitro groups is 1. The van der Waals surface area contributed by atoms with Gasteiger partial charge in [-0.1, -0.05) is 18.2 Å². The molecule has 1 aliphatic rings. The number of carbonyl (C=O) groups is 1. The van der Waals surface area contributed by atoms with Crippen LogP contribution in [0.5, 0.6) is 23.0 Å². The molecule has 3 aromatic carbocycles. The van der Waals surface area contributed by atoms with Gasteiger partial charge in [0.05, 0.1) is 18.2 Å². The van der Waals surface area contributed by atoms with Gasteiger partial charge in [-0.25, -0.2) is 5.43 Å². The fourth-order valence-electron chi connectivity index (χ4n) is 3.33. The van der Waals surface area contributed by atoms with Crippen LogP contribution in [0.25, 0.3) is 0 Å². The zero-order chi connectivity index (χ0) is 26.6. The standard InChI is InChI=1S/C24H21N3O9S/c1-15-7-9-17(12-18(15)27(29)30)37(31,32)36-21-10-8-16(11-22(21)33-2)13-25-26-24(28)23-14-34-19-5-3-4-6-20(19)35-23/h3-13,23H,14H2,1-2H3,(H,26,28). The van der Waals surface area contributed by atoms with Crippen LogP contribution in [-0.2, 0) is 14.9 Å². The molecule has 1 N–H and O–H groups in total. The molecule has 37 heavy (non-hydrogen) atoms. The first kappa shape index (κ1) is 25.4. The number of hydrogen-bond donors (Lipinski definition) is 1. The Morgan fingerprint density at radius 1 is 1.14 bits per heavy atom. The molecule has 0 radical (unpaired) electrons. The largest absolute Gasteiger partial charge is 0.493 e. The first-order valence-electron chi connectivity index (χ1n) is 10.8. The maximum Gasteiger partial charge on any atom is 0.339 e. The van der Waals surface area contributed by atoms with Crippen LogP contribution in [0.15, 0.2) is 70.7 Å². The second kappa shape index (κ2) is 10.5. The molecule has 0 fully saturated rings. The lowest BCUT2D eigenvalue weighted by Gasteiger charge is -2.24. The third kappa shape index (κ3) is 5.78. The second-order valence-corrected chi connectivity index (χ2v) is 9.30. The number of fused-ring (bicyclic) bond motifs is 1. The average molecular weight is 528 g/mol. The number of nitrogens with zero attached hydrogens (tertiary/aromatic N) is 2. The Labute approximate surface area is 211 Å². The number of nitrogens with one attached hydrogen (secondary N) is 1. The van der Waals surface area contributed by atoms with Gasteiger partial charge in [0.25, 0.3) is 11.6 Å². The van der Waals surface area contributed by atoms with Crippen LogP contribution in [0.1, 0.15) is 11.1 Å². The van der Waals surface area contributed by atoms with E-state index < -0.39 is 27.1 Å². The molecule has 0 aromatic heterocycles. The maximum absolute atomic E-state index is 12.7. The summed E-state index contributed by atoms with van der Waals surface area (Å²) >= 11 is 0. The highest BCUT2D eigenvalue weighted by molar-refractivity contribution is 7.87. The van der Waals surface area contributed by atoms with Gasteiger partial charge < -0.3 is 18.4 Å². The first-order valence-corrected chi connectivity index (χ1v) is 12.2. The van der Waals surface area contributed by atoms with Crippen LogP contribution < -0.4 is 23.8 Å². The van der Waals surface area contributed by atoms with Gasteiger partial charge in [0.15, 0.2) is 23.0 Å². The lowest BCUT2D eigenvalue weighted by Crippen LogP contribution is -2.42. The van der Waals surface area contributed by atoms with E-state index in [1.165, 1.54) is 50.6 Å². The Balaban J connectivity index is 1.43. The normalized spacial score (nSPS) is 14.7. The Morgan fingerprint density at radius 2 is 1.89 bits per heavy atom. The molecule has 0 aliphatic carbocycles. The predicted octanol–water partition coefficient (Wildman–Crippen LogP) is 2.97. The second-order valence-electron chi connectivity index (χ2n) is 7.75. The molecule has 4 rings (SSSR count). The quantitative estimate of drug-likeness (QED) is 0.201. The van der Waals surface area contributed by atoms with Gasteiger partial charge in [-0.15, -0.1) is 0 Å². The van der Waals surface area contributed by atoms with Crippen LogP contribution in [0.4, 0.5) is 5.69 Å². The zero-order valence-corrected chi connectivity index (χ0v) is 20.4. The number of hydrazone groups is 1. The summed E-state index contributed by atoms with van der Waals surface area (Å²) in [6.07, 6.45) is 0.430. The molecule has 12 nitrogen and oxygen atoms in total. The smallest absolute Gasteiger partial charge is 0.339 e. The van der Waals surface area contributed by atoms with Gasteiger partial charge in [-0.3, -0.25) is 14.9 Å². The monoisotopic (exact) mass is 527 g/mol. The van der Waals surface area contributed by atoms with Crippen molar-refractivity contribution in [3.63, 3.8) is 0 Å². The van der Waals surface area contributed by atoms with Crippen LogP contribution in [-0.4, -0.2) is 45.3 Å². The number of nitro benzene ring substituents is 1.